The molecule has 1 aliphatic heterocycles. The Morgan fingerprint density at radius 1 is 1.56 bits per heavy atom. The number of carboxylic acids is 1. The van der Waals surface area contributed by atoms with E-state index in [1.165, 1.54) is 16.2 Å². The summed E-state index contributed by atoms with van der Waals surface area (Å²) in [6, 6.07) is 2.60. The average Bonchev–Trinajstić information content (AvgIpc) is 2.81. The molecular weight excluding hydrogens is 230 g/mol. The van der Waals surface area contributed by atoms with Crippen LogP contribution in [0.5, 0.6) is 0 Å². The highest BCUT2D eigenvalue weighted by Crippen LogP contribution is 2.16. The molecule has 5 nitrogen and oxygen atoms in total. The van der Waals surface area contributed by atoms with E-state index in [1.807, 2.05) is 0 Å². The molecule has 0 bridgehead atoms. The van der Waals surface area contributed by atoms with E-state index >= 15 is 0 Å². The number of thiophene rings is 1. The molecule has 1 unspecified atom stereocenters. The van der Waals surface area contributed by atoms with E-state index in [0.29, 0.717) is 18.0 Å². The van der Waals surface area contributed by atoms with Crippen LogP contribution in [0.15, 0.2) is 17.5 Å². The molecule has 0 aliphatic carbocycles. The Bertz CT molecular complexity index is 390. The Labute approximate surface area is 96.2 Å². The second kappa shape index (κ2) is 4.63. The highest BCUT2D eigenvalue weighted by Gasteiger charge is 2.33. The Kier molecular flexibility index (Phi) is 3.21. The first kappa shape index (κ1) is 11.1. The summed E-state index contributed by atoms with van der Waals surface area (Å²) in [6.45, 7) is 0.779. The van der Waals surface area contributed by atoms with Crippen LogP contribution in [0.1, 0.15) is 9.67 Å². The van der Waals surface area contributed by atoms with E-state index < -0.39 is 12.0 Å². The number of hydrogen-bond acceptors (Lipinski definition) is 4. The first-order valence-corrected chi connectivity index (χ1v) is 5.73. The molecule has 1 saturated heterocycles. The topological polar surface area (TPSA) is 66.8 Å². The molecule has 0 aromatic carbocycles. The molecule has 0 spiro atoms. The van der Waals surface area contributed by atoms with Gasteiger partial charge in [-0.05, 0) is 11.4 Å². The van der Waals surface area contributed by atoms with Crippen molar-refractivity contribution in [1.82, 2.24) is 4.90 Å². The third-order valence-electron chi connectivity index (χ3n) is 2.41. The Morgan fingerprint density at radius 2 is 2.38 bits per heavy atom. The van der Waals surface area contributed by atoms with Crippen molar-refractivity contribution in [2.45, 2.75) is 6.04 Å². The summed E-state index contributed by atoms with van der Waals surface area (Å²) in [6.07, 6.45) is 0. The summed E-state index contributed by atoms with van der Waals surface area (Å²) < 4.78 is 5.07. The fourth-order valence-electron chi connectivity index (χ4n) is 1.59. The number of hydrogen-bond donors (Lipinski definition) is 1. The molecule has 1 amide bonds. The molecule has 16 heavy (non-hydrogen) atoms. The Morgan fingerprint density at radius 3 is 3.00 bits per heavy atom. The molecule has 1 aromatic heterocycles. The Hall–Kier alpha value is -1.40. The summed E-state index contributed by atoms with van der Waals surface area (Å²) >= 11 is 1.31. The predicted molar refractivity (Wildman–Crippen MR) is 57.6 cm³/mol. The molecule has 86 valence electrons. The molecule has 1 aromatic rings. The summed E-state index contributed by atoms with van der Waals surface area (Å²) in [7, 11) is 0. The van der Waals surface area contributed by atoms with E-state index in [0.717, 1.165) is 0 Å². The lowest BCUT2D eigenvalue weighted by Crippen LogP contribution is -2.52. The summed E-state index contributed by atoms with van der Waals surface area (Å²) in [4.78, 5) is 24.9. The first-order valence-electron chi connectivity index (χ1n) is 4.85. The molecule has 0 radical (unpaired) electrons. The molecule has 6 heteroatoms. The Balaban J connectivity index is 2.17. The van der Waals surface area contributed by atoms with Crippen LogP contribution in [0, 0.1) is 0 Å². The fraction of sp³-hybridized carbons (Fsp3) is 0.400. The maximum Gasteiger partial charge on any atom is 0.328 e. The fourth-order valence-corrected chi connectivity index (χ4v) is 2.27. The number of rotatable bonds is 2. The normalized spacial score (nSPS) is 20.8. The van der Waals surface area contributed by atoms with Gasteiger partial charge in [-0.25, -0.2) is 4.79 Å². The van der Waals surface area contributed by atoms with Crippen LogP contribution < -0.4 is 0 Å². The van der Waals surface area contributed by atoms with Crippen molar-refractivity contribution in [3.63, 3.8) is 0 Å². The van der Waals surface area contributed by atoms with Gasteiger partial charge < -0.3 is 14.7 Å². The van der Waals surface area contributed by atoms with Crippen LogP contribution >= 0.6 is 11.3 Å². The lowest BCUT2D eigenvalue weighted by Gasteiger charge is -2.32. The molecule has 2 heterocycles. The monoisotopic (exact) mass is 241 g/mol. The number of carboxylic acid groups (broad SMARTS) is 1. The number of ether oxygens (including phenoxy) is 1. The van der Waals surface area contributed by atoms with Gasteiger partial charge in [0, 0.05) is 6.54 Å². The number of nitrogens with zero attached hydrogens (tertiary/aromatic N) is 1. The average molecular weight is 241 g/mol. The second-order valence-electron chi connectivity index (χ2n) is 3.40. The van der Waals surface area contributed by atoms with Gasteiger partial charge in [0.2, 0.25) is 0 Å². The smallest absolute Gasteiger partial charge is 0.328 e. The van der Waals surface area contributed by atoms with E-state index in [-0.39, 0.29) is 12.5 Å². The molecule has 2 rings (SSSR count). The van der Waals surface area contributed by atoms with Gasteiger partial charge >= 0.3 is 5.97 Å². The third kappa shape index (κ3) is 2.07. The predicted octanol–water partition coefficient (Wildman–Crippen LogP) is 0.674. The lowest BCUT2D eigenvalue weighted by molar-refractivity contribution is -0.147. The van der Waals surface area contributed by atoms with E-state index in [4.69, 9.17) is 9.84 Å². The molecule has 1 atom stereocenters. The number of amides is 1. The van der Waals surface area contributed by atoms with Crippen molar-refractivity contribution >= 4 is 23.2 Å². The first-order chi connectivity index (χ1) is 7.70. The van der Waals surface area contributed by atoms with Crippen molar-refractivity contribution < 1.29 is 19.4 Å². The highest BCUT2D eigenvalue weighted by atomic mass is 32.1. The third-order valence-corrected chi connectivity index (χ3v) is 3.26. The number of carbonyl (C=O) groups excluding carboxylic acids is 1. The van der Waals surface area contributed by atoms with Gasteiger partial charge in [0.25, 0.3) is 5.91 Å². The van der Waals surface area contributed by atoms with Crippen molar-refractivity contribution in [1.29, 1.82) is 0 Å². The molecule has 1 N–H and O–H groups in total. The molecule has 0 saturated carbocycles. The van der Waals surface area contributed by atoms with Crippen molar-refractivity contribution in [3.05, 3.63) is 22.4 Å². The minimum Gasteiger partial charge on any atom is -0.480 e. The van der Waals surface area contributed by atoms with Crippen LogP contribution in [0.2, 0.25) is 0 Å². The number of aliphatic carboxylic acids is 1. The van der Waals surface area contributed by atoms with Crippen LogP contribution in [0.25, 0.3) is 0 Å². The summed E-state index contributed by atoms with van der Waals surface area (Å²) in [5.41, 5.74) is 0. The maximum absolute atomic E-state index is 12.0. The van der Waals surface area contributed by atoms with Gasteiger partial charge in [0.05, 0.1) is 18.1 Å². The standard InChI is InChI=1S/C10H11NO4S/c12-9(8-2-1-5-16-8)11-3-4-15-6-7(11)10(13)14/h1-2,5,7H,3-4,6H2,(H,13,14). The maximum atomic E-state index is 12.0. The summed E-state index contributed by atoms with van der Waals surface area (Å²) in [5.74, 6) is -1.25. The van der Waals surface area contributed by atoms with Crippen LogP contribution in [0.3, 0.4) is 0 Å². The van der Waals surface area contributed by atoms with Crippen molar-refractivity contribution in [3.8, 4) is 0 Å². The zero-order valence-corrected chi connectivity index (χ0v) is 9.27. The van der Waals surface area contributed by atoms with Gasteiger partial charge in [-0.2, -0.15) is 0 Å². The molecule has 1 aliphatic rings. The van der Waals surface area contributed by atoms with Gasteiger partial charge in [0.1, 0.15) is 0 Å². The molecule has 1 fully saturated rings. The lowest BCUT2D eigenvalue weighted by atomic mass is 10.2. The highest BCUT2D eigenvalue weighted by molar-refractivity contribution is 7.12. The van der Waals surface area contributed by atoms with Gasteiger partial charge in [-0.15, -0.1) is 11.3 Å². The van der Waals surface area contributed by atoms with Crippen molar-refractivity contribution in [2.24, 2.45) is 0 Å². The summed E-state index contributed by atoms with van der Waals surface area (Å²) in [5, 5.41) is 10.8. The zero-order valence-electron chi connectivity index (χ0n) is 8.46. The van der Waals surface area contributed by atoms with Crippen molar-refractivity contribution in [2.75, 3.05) is 19.8 Å². The number of carbonyl (C=O) groups is 2. The molecular formula is C10H11NO4S. The number of morpholine rings is 1. The minimum atomic E-state index is -1.02. The second-order valence-corrected chi connectivity index (χ2v) is 4.35. The van der Waals surface area contributed by atoms with Gasteiger partial charge in [-0.1, -0.05) is 6.07 Å². The van der Waals surface area contributed by atoms with Gasteiger partial charge in [0.15, 0.2) is 6.04 Å². The van der Waals surface area contributed by atoms with Crippen LogP contribution in [-0.2, 0) is 9.53 Å². The zero-order chi connectivity index (χ0) is 11.5. The quantitative estimate of drug-likeness (QED) is 0.826. The van der Waals surface area contributed by atoms with E-state index in [2.05, 4.69) is 0 Å². The van der Waals surface area contributed by atoms with E-state index in [9.17, 15) is 9.59 Å². The van der Waals surface area contributed by atoms with E-state index in [1.54, 1.807) is 17.5 Å². The SMILES string of the molecule is O=C(O)C1COCCN1C(=O)c1cccs1. The minimum absolute atomic E-state index is 0.0620. The van der Waals surface area contributed by atoms with Crippen LogP contribution in [0.4, 0.5) is 0 Å². The van der Waals surface area contributed by atoms with Gasteiger partial charge in [-0.3, -0.25) is 4.79 Å². The largest absolute Gasteiger partial charge is 0.480 e. The van der Waals surface area contributed by atoms with Crippen LogP contribution in [-0.4, -0.2) is 47.7 Å².